The smallest absolute Gasteiger partial charge is 0.410 e. The van der Waals surface area contributed by atoms with E-state index in [9.17, 15) is 4.79 Å². The lowest BCUT2D eigenvalue weighted by atomic mass is 10.0. The van der Waals surface area contributed by atoms with Crippen molar-refractivity contribution in [3.05, 3.63) is 12.2 Å². The van der Waals surface area contributed by atoms with Gasteiger partial charge < -0.3 is 14.2 Å². The summed E-state index contributed by atoms with van der Waals surface area (Å²) < 4.78 is 16.3. The van der Waals surface area contributed by atoms with Crippen LogP contribution in [0.3, 0.4) is 0 Å². The zero-order chi connectivity index (χ0) is 11.5. The highest BCUT2D eigenvalue weighted by atomic mass is 16.8. The van der Waals surface area contributed by atoms with Crippen LogP contribution in [0.5, 0.6) is 0 Å². The Morgan fingerprint density at radius 2 is 2.12 bits per heavy atom. The van der Waals surface area contributed by atoms with Crippen LogP contribution < -0.4 is 0 Å². The molecule has 5 nitrogen and oxygen atoms in total. The van der Waals surface area contributed by atoms with Gasteiger partial charge in [0, 0.05) is 0 Å². The van der Waals surface area contributed by atoms with E-state index in [1.807, 2.05) is 26.0 Å². The third-order valence-corrected chi connectivity index (χ3v) is 3.29. The second-order valence-electron chi connectivity index (χ2n) is 4.81. The molecule has 2 heterocycles. The van der Waals surface area contributed by atoms with Gasteiger partial charge in [0.15, 0.2) is 5.79 Å². The second-order valence-corrected chi connectivity index (χ2v) is 4.81. The summed E-state index contributed by atoms with van der Waals surface area (Å²) in [7, 11) is 1.39. The van der Waals surface area contributed by atoms with Crippen LogP contribution in [0.2, 0.25) is 0 Å². The molecule has 0 bridgehead atoms. The number of amides is 1. The number of methoxy groups -OCH3 is 1. The standard InChI is InChI=1S/C11H15NO4/c1-11(2)15-7-5-4-6-8(9(7)16-11)12(6)10(13)14-3/h4-9H,1-3H3/t6?,7-,8?,9-,12?/m1/s1. The van der Waals surface area contributed by atoms with Crippen molar-refractivity contribution in [3.63, 3.8) is 0 Å². The fourth-order valence-electron chi connectivity index (χ4n) is 2.63. The van der Waals surface area contributed by atoms with Crippen LogP contribution in [-0.2, 0) is 14.2 Å². The largest absolute Gasteiger partial charge is 0.453 e. The summed E-state index contributed by atoms with van der Waals surface area (Å²) >= 11 is 0. The van der Waals surface area contributed by atoms with Crippen molar-refractivity contribution < 1.29 is 19.0 Å². The number of carbonyl (C=O) groups is 1. The number of hydrogen-bond donors (Lipinski definition) is 0. The molecule has 0 saturated carbocycles. The van der Waals surface area contributed by atoms with E-state index in [-0.39, 0.29) is 30.4 Å². The maximum absolute atomic E-state index is 11.5. The van der Waals surface area contributed by atoms with Crippen molar-refractivity contribution in [1.82, 2.24) is 4.90 Å². The van der Waals surface area contributed by atoms with Crippen molar-refractivity contribution in [2.45, 2.75) is 43.9 Å². The van der Waals surface area contributed by atoms with Gasteiger partial charge in [-0.3, -0.25) is 4.90 Å². The van der Waals surface area contributed by atoms with Gasteiger partial charge in [-0.25, -0.2) is 4.79 Å². The third kappa shape index (κ3) is 1.28. The van der Waals surface area contributed by atoms with Crippen molar-refractivity contribution in [1.29, 1.82) is 0 Å². The van der Waals surface area contributed by atoms with Gasteiger partial charge in [0.25, 0.3) is 0 Å². The number of carbonyl (C=O) groups excluding carboxylic acids is 1. The number of nitrogens with zero attached hydrogens (tertiary/aromatic N) is 1. The van der Waals surface area contributed by atoms with Gasteiger partial charge in [0.1, 0.15) is 12.2 Å². The fourth-order valence-corrected chi connectivity index (χ4v) is 2.63. The minimum absolute atomic E-state index is 0.0501. The molecule has 5 heteroatoms. The molecule has 2 unspecified atom stereocenters. The van der Waals surface area contributed by atoms with Crippen LogP contribution in [0.15, 0.2) is 12.2 Å². The summed E-state index contributed by atoms with van der Waals surface area (Å²) in [6.07, 6.45) is 3.56. The normalized spacial score (nSPS) is 42.6. The van der Waals surface area contributed by atoms with Crippen LogP contribution in [0.4, 0.5) is 4.79 Å². The number of ether oxygens (including phenoxy) is 3. The average molecular weight is 225 g/mol. The second kappa shape index (κ2) is 2.99. The molecule has 0 aromatic heterocycles. The first kappa shape index (κ1) is 10.1. The Morgan fingerprint density at radius 1 is 1.38 bits per heavy atom. The lowest BCUT2D eigenvalue weighted by molar-refractivity contribution is -0.143. The topological polar surface area (TPSA) is 47.8 Å². The highest BCUT2D eigenvalue weighted by Gasteiger charge is 2.62. The molecule has 1 aliphatic carbocycles. The molecular weight excluding hydrogens is 210 g/mol. The molecular formula is C11H15NO4. The predicted molar refractivity (Wildman–Crippen MR) is 54.8 cm³/mol. The molecule has 2 saturated heterocycles. The minimum Gasteiger partial charge on any atom is -0.453 e. The lowest BCUT2D eigenvalue weighted by Gasteiger charge is -2.16. The monoisotopic (exact) mass is 225 g/mol. The zero-order valence-corrected chi connectivity index (χ0v) is 9.54. The molecule has 4 atom stereocenters. The molecule has 1 amide bonds. The van der Waals surface area contributed by atoms with Crippen molar-refractivity contribution in [3.8, 4) is 0 Å². The van der Waals surface area contributed by atoms with Crippen molar-refractivity contribution in [2.75, 3.05) is 7.11 Å². The fraction of sp³-hybridized carbons (Fsp3) is 0.727. The van der Waals surface area contributed by atoms with E-state index in [4.69, 9.17) is 14.2 Å². The molecule has 0 spiro atoms. The Labute approximate surface area is 93.9 Å². The summed E-state index contributed by atoms with van der Waals surface area (Å²) in [6.45, 7) is 3.78. The lowest BCUT2D eigenvalue weighted by Crippen LogP contribution is -2.32. The summed E-state index contributed by atoms with van der Waals surface area (Å²) in [5.74, 6) is -0.570. The number of hydrogen-bond acceptors (Lipinski definition) is 4. The van der Waals surface area contributed by atoms with Gasteiger partial charge in [-0.05, 0) is 13.8 Å². The molecule has 0 N–H and O–H groups in total. The predicted octanol–water partition coefficient (Wildman–Crippen LogP) is 0.895. The highest BCUT2D eigenvalue weighted by Crippen LogP contribution is 2.45. The summed E-state index contributed by atoms with van der Waals surface area (Å²) in [6, 6.07) is 0.190. The Balaban J connectivity index is 1.80. The first-order valence-corrected chi connectivity index (χ1v) is 5.44. The first-order chi connectivity index (χ1) is 7.53. The Morgan fingerprint density at radius 3 is 2.81 bits per heavy atom. The Bertz CT molecular complexity index is 365. The SMILES string of the molecule is COC(=O)N1C2C=C[C@H]3OC(C)(C)O[C@H]3C21. The molecule has 0 radical (unpaired) electrons. The number of fused-ring (bicyclic) bond motifs is 3. The van der Waals surface area contributed by atoms with Gasteiger partial charge in [-0.2, -0.15) is 0 Å². The van der Waals surface area contributed by atoms with E-state index in [1.54, 1.807) is 4.90 Å². The molecule has 2 fully saturated rings. The van der Waals surface area contributed by atoms with E-state index in [0.717, 1.165) is 0 Å². The van der Waals surface area contributed by atoms with Crippen molar-refractivity contribution in [2.24, 2.45) is 0 Å². The summed E-state index contributed by atoms with van der Waals surface area (Å²) in [5.41, 5.74) is 0. The molecule has 0 aromatic rings. The highest BCUT2D eigenvalue weighted by molar-refractivity contribution is 5.73. The zero-order valence-electron chi connectivity index (χ0n) is 9.54. The van der Waals surface area contributed by atoms with Crippen LogP contribution in [0.1, 0.15) is 13.8 Å². The van der Waals surface area contributed by atoms with E-state index in [0.29, 0.717) is 0 Å². The van der Waals surface area contributed by atoms with Gasteiger partial charge in [0.2, 0.25) is 0 Å². The van der Waals surface area contributed by atoms with Crippen LogP contribution in [-0.4, -0.2) is 48.2 Å². The van der Waals surface area contributed by atoms with E-state index in [1.165, 1.54) is 7.11 Å². The molecule has 2 aliphatic heterocycles. The summed E-state index contributed by atoms with van der Waals surface area (Å²) in [5, 5.41) is 0. The number of rotatable bonds is 0. The van der Waals surface area contributed by atoms with Gasteiger partial charge in [-0.15, -0.1) is 0 Å². The van der Waals surface area contributed by atoms with E-state index in [2.05, 4.69) is 0 Å². The van der Waals surface area contributed by atoms with E-state index < -0.39 is 5.79 Å². The molecule has 3 rings (SSSR count). The van der Waals surface area contributed by atoms with Gasteiger partial charge in [-0.1, -0.05) is 12.2 Å². The molecule has 88 valence electrons. The van der Waals surface area contributed by atoms with Crippen LogP contribution in [0.25, 0.3) is 0 Å². The van der Waals surface area contributed by atoms with Crippen LogP contribution >= 0.6 is 0 Å². The Hall–Kier alpha value is -1.07. The van der Waals surface area contributed by atoms with Crippen LogP contribution in [0, 0.1) is 0 Å². The molecule has 16 heavy (non-hydrogen) atoms. The Kier molecular flexibility index (Phi) is 1.89. The van der Waals surface area contributed by atoms with Gasteiger partial charge in [0.05, 0.1) is 19.2 Å². The average Bonchev–Trinajstić information content (AvgIpc) is 2.86. The van der Waals surface area contributed by atoms with E-state index >= 15 is 0 Å². The molecule has 3 aliphatic rings. The van der Waals surface area contributed by atoms with Crippen molar-refractivity contribution >= 4 is 6.09 Å². The minimum atomic E-state index is -0.570. The quantitative estimate of drug-likeness (QED) is 0.454. The maximum atomic E-state index is 11.5. The maximum Gasteiger partial charge on any atom is 0.410 e. The van der Waals surface area contributed by atoms with Gasteiger partial charge >= 0.3 is 6.09 Å². The third-order valence-electron chi connectivity index (χ3n) is 3.29. The first-order valence-electron chi connectivity index (χ1n) is 5.44. The molecule has 0 aromatic carbocycles. The summed E-state index contributed by atoms with van der Waals surface area (Å²) in [4.78, 5) is 13.2.